The third-order valence-electron chi connectivity index (χ3n) is 7.06. The number of carbonyl (C=O) groups is 2. The van der Waals surface area contributed by atoms with Gasteiger partial charge in [-0.25, -0.2) is 0 Å². The second kappa shape index (κ2) is 13.5. The molecule has 8 nitrogen and oxygen atoms in total. The van der Waals surface area contributed by atoms with Gasteiger partial charge in [0.05, 0.1) is 25.2 Å². The van der Waals surface area contributed by atoms with Crippen LogP contribution in [0.3, 0.4) is 0 Å². The average molecular weight is 533 g/mol. The maximum Gasteiger partial charge on any atom is 0.303 e. The molecule has 1 saturated heterocycles. The van der Waals surface area contributed by atoms with Crippen molar-refractivity contribution in [3.63, 3.8) is 0 Å². The number of carbonyl (C=O) groups excluding carboxylic acids is 1. The number of likely N-dealkylation sites (N-methyl/N-ethyl adjacent to an activating group) is 1. The molecule has 1 aliphatic heterocycles. The van der Waals surface area contributed by atoms with Crippen LogP contribution in [-0.4, -0.2) is 46.7 Å². The molecule has 3 aromatic carbocycles. The van der Waals surface area contributed by atoms with Gasteiger partial charge in [0, 0.05) is 36.7 Å². The molecule has 3 aromatic rings. The molecule has 4 unspecified atom stereocenters. The van der Waals surface area contributed by atoms with Crippen LogP contribution >= 0.6 is 0 Å². The van der Waals surface area contributed by atoms with E-state index in [0.717, 1.165) is 16.7 Å². The lowest BCUT2D eigenvalue weighted by molar-refractivity contribution is -0.253. The van der Waals surface area contributed by atoms with E-state index in [1.54, 1.807) is 12.1 Å². The van der Waals surface area contributed by atoms with Crippen molar-refractivity contribution >= 4 is 17.6 Å². The monoisotopic (exact) mass is 532 g/mol. The van der Waals surface area contributed by atoms with Gasteiger partial charge in [-0.3, -0.25) is 14.5 Å². The van der Waals surface area contributed by atoms with Crippen LogP contribution in [0.25, 0.3) is 0 Å². The Kier molecular flexibility index (Phi) is 9.84. The zero-order valence-corrected chi connectivity index (χ0v) is 22.3. The molecule has 0 spiro atoms. The second-order valence-corrected chi connectivity index (χ2v) is 9.94. The van der Waals surface area contributed by atoms with Gasteiger partial charge in [-0.05, 0) is 42.8 Å². The number of aliphatic hydroxyl groups excluding tert-OH is 1. The van der Waals surface area contributed by atoms with Crippen molar-refractivity contribution in [2.24, 2.45) is 0 Å². The first kappa shape index (κ1) is 28.4. The minimum atomic E-state index is -1.02. The summed E-state index contributed by atoms with van der Waals surface area (Å²) in [5.41, 5.74) is 4.37. The first-order chi connectivity index (χ1) is 18.8. The zero-order valence-electron chi connectivity index (χ0n) is 22.3. The molecule has 1 amide bonds. The Morgan fingerprint density at radius 3 is 2.41 bits per heavy atom. The van der Waals surface area contributed by atoms with Gasteiger partial charge in [0.2, 0.25) is 5.91 Å². The Labute approximate surface area is 229 Å². The van der Waals surface area contributed by atoms with Crippen LogP contribution in [0.4, 0.5) is 5.69 Å². The van der Waals surface area contributed by atoms with E-state index < -0.39 is 12.3 Å². The third kappa shape index (κ3) is 7.97. The first-order valence-corrected chi connectivity index (χ1v) is 13.2. The smallest absolute Gasteiger partial charge is 0.303 e. The van der Waals surface area contributed by atoms with Crippen molar-refractivity contribution < 1.29 is 29.3 Å². The highest BCUT2D eigenvalue weighted by atomic mass is 16.7. The van der Waals surface area contributed by atoms with Gasteiger partial charge in [0.1, 0.15) is 0 Å². The number of benzene rings is 3. The molecule has 1 aliphatic rings. The summed E-state index contributed by atoms with van der Waals surface area (Å²) in [7, 11) is 2.09. The van der Waals surface area contributed by atoms with E-state index in [4.69, 9.17) is 14.6 Å². The largest absolute Gasteiger partial charge is 0.481 e. The lowest BCUT2D eigenvalue weighted by atomic mass is 9.99. The SMILES string of the molecule is CC(c1ccccc1)N(C)CC1CC(c2ccc(CO)cc2)OC(c2cccc(NC(=O)CCC(=O)O)c2)O1. The van der Waals surface area contributed by atoms with Gasteiger partial charge in [-0.15, -0.1) is 0 Å². The molecule has 206 valence electrons. The molecule has 4 rings (SSSR count). The van der Waals surface area contributed by atoms with E-state index >= 15 is 0 Å². The fourth-order valence-corrected chi connectivity index (χ4v) is 4.71. The van der Waals surface area contributed by atoms with Crippen molar-refractivity contribution in [2.75, 3.05) is 18.9 Å². The minimum Gasteiger partial charge on any atom is -0.481 e. The Hall–Kier alpha value is -3.56. The lowest BCUT2D eigenvalue weighted by Crippen LogP contribution is -2.38. The van der Waals surface area contributed by atoms with Crippen molar-refractivity contribution in [3.8, 4) is 0 Å². The summed E-state index contributed by atoms with van der Waals surface area (Å²) in [6, 6.07) is 25.5. The van der Waals surface area contributed by atoms with Crippen LogP contribution in [0.5, 0.6) is 0 Å². The highest BCUT2D eigenvalue weighted by Crippen LogP contribution is 2.39. The van der Waals surface area contributed by atoms with Gasteiger partial charge in [0.25, 0.3) is 0 Å². The van der Waals surface area contributed by atoms with E-state index in [1.165, 1.54) is 5.56 Å². The van der Waals surface area contributed by atoms with Crippen LogP contribution in [0, 0.1) is 0 Å². The summed E-state index contributed by atoms with van der Waals surface area (Å²) in [5.74, 6) is -1.38. The molecule has 1 fully saturated rings. The standard InChI is InChI=1S/C31H36N2O6/c1-21(23-7-4-3-5-8-23)33(2)19-27-18-28(24-13-11-22(20-34)12-14-24)39-31(38-27)25-9-6-10-26(17-25)32-29(35)15-16-30(36)37/h3-14,17,21,27-28,31,34H,15-16,18-20H2,1-2H3,(H,32,35)(H,36,37). The Bertz CT molecular complexity index is 1230. The highest BCUT2D eigenvalue weighted by molar-refractivity contribution is 5.92. The summed E-state index contributed by atoms with van der Waals surface area (Å²) in [4.78, 5) is 25.3. The van der Waals surface area contributed by atoms with E-state index in [1.807, 2.05) is 54.6 Å². The Morgan fingerprint density at radius 2 is 1.72 bits per heavy atom. The third-order valence-corrected chi connectivity index (χ3v) is 7.06. The quantitative estimate of drug-likeness (QED) is 0.311. The van der Waals surface area contributed by atoms with Crippen molar-refractivity contribution in [2.45, 2.75) is 57.3 Å². The van der Waals surface area contributed by atoms with Gasteiger partial charge in [-0.1, -0.05) is 66.7 Å². The first-order valence-electron chi connectivity index (χ1n) is 13.2. The van der Waals surface area contributed by atoms with E-state index in [9.17, 15) is 14.7 Å². The number of aliphatic carboxylic acids is 1. The fraction of sp³-hybridized carbons (Fsp3) is 0.355. The molecule has 39 heavy (non-hydrogen) atoms. The maximum absolute atomic E-state index is 12.2. The van der Waals surface area contributed by atoms with Crippen molar-refractivity contribution in [1.29, 1.82) is 0 Å². The summed E-state index contributed by atoms with van der Waals surface area (Å²) in [5, 5.41) is 21.1. The van der Waals surface area contributed by atoms with Gasteiger partial charge >= 0.3 is 5.97 Å². The van der Waals surface area contributed by atoms with E-state index in [-0.39, 0.29) is 43.6 Å². The highest BCUT2D eigenvalue weighted by Gasteiger charge is 2.33. The molecule has 0 saturated carbocycles. The number of aliphatic hydroxyl groups is 1. The molecular weight excluding hydrogens is 496 g/mol. The lowest BCUT2D eigenvalue weighted by Gasteiger charge is -2.39. The van der Waals surface area contributed by atoms with E-state index in [2.05, 4.69) is 36.3 Å². The Balaban J connectivity index is 1.53. The number of carboxylic acid groups (broad SMARTS) is 1. The number of anilines is 1. The van der Waals surface area contributed by atoms with Crippen LogP contribution in [0.1, 0.15) is 66.9 Å². The van der Waals surface area contributed by atoms with Crippen LogP contribution in [0.15, 0.2) is 78.9 Å². The number of amides is 1. The summed E-state index contributed by atoms with van der Waals surface area (Å²) in [6.07, 6.45) is -0.689. The van der Waals surface area contributed by atoms with Gasteiger partial charge in [-0.2, -0.15) is 0 Å². The molecule has 0 aliphatic carbocycles. The van der Waals surface area contributed by atoms with Crippen LogP contribution < -0.4 is 5.32 Å². The van der Waals surface area contributed by atoms with Crippen LogP contribution in [-0.2, 0) is 25.7 Å². The summed E-state index contributed by atoms with van der Waals surface area (Å²) < 4.78 is 12.9. The topological polar surface area (TPSA) is 108 Å². The number of hydrogen-bond acceptors (Lipinski definition) is 6. The van der Waals surface area contributed by atoms with Gasteiger partial charge < -0.3 is 25.0 Å². The molecule has 4 atom stereocenters. The summed E-state index contributed by atoms with van der Waals surface area (Å²) in [6.45, 7) is 2.84. The molecule has 0 bridgehead atoms. The minimum absolute atomic E-state index is 0.0205. The number of nitrogens with zero attached hydrogens (tertiary/aromatic N) is 1. The van der Waals surface area contributed by atoms with Crippen molar-refractivity contribution in [1.82, 2.24) is 4.90 Å². The number of nitrogens with one attached hydrogen (secondary N) is 1. The summed E-state index contributed by atoms with van der Waals surface area (Å²) >= 11 is 0. The second-order valence-electron chi connectivity index (χ2n) is 9.94. The van der Waals surface area contributed by atoms with Crippen LogP contribution in [0.2, 0.25) is 0 Å². The zero-order chi connectivity index (χ0) is 27.8. The van der Waals surface area contributed by atoms with E-state index in [0.29, 0.717) is 18.7 Å². The normalized spacial score (nSPS) is 19.9. The maximum atomic E-state index is 12.2. The van der Waals surface area contributed by atoms with Gasteiger partial charge in [0.15, 0.2) is 6.29 Å². The molecule has 3 N–H and O–H groups in total. The molecule has 1 heterocycles. The molecular formula is C31H36N2O6. The average Bonchev–Trinajstić information content (AvgIpc) is 2.96. The predicted octanol–water partition coefficient (Wildman–Crippen LogP) is 5.22. The molecule has 0 radical (unpaired) electrons. The number of carboxylic acids is 1. The Morgan fingerprint density at radius 1 is 0.974 bits per heavy atom. The number of hydrogen-bond donors (Lipinski definition) is 3. The molecule has 8 heteroatoms. The number of ether oxygens (including phenoxy) is 2. The fourth-order valence-electron chi connectivity index (χ4n) is 4.71. The number of rotatable bonds is 11. The predicted molar refractivity (Wildman–Crippen MR) is 148 cm³/mol. The molecule has 0 aromatic heterocycles. The van der Waals surface area contributed by atoms with Crippen molar-refractivity contribution in [3.05, 3.63) is 101 Å².